The van der Waals surface area contributed by atoms with E-state index in [0.717, 1.165) is 5.56 Å². The van der Waals surface area contributed by atoms with E-state index in [1.807, 2.05) is 46.9 Å². The molecule has 0 amide bonds. The molecule has 2 aromatic carbocycles. The Kier molecular flexibility index (Phi) is 4.40. The summed E-state index contributed by atoms with van der Waals surface area (Å²) in [6.45, 7) is 2.23. The summed E-state index contributed by atoms with van der Waals surface area (Å²) in [4.78, 5) is 2.82. The second-order valence-corrected chi connectivity index (χ2v) is 8.32. The lowest BCUT2D eigenvalue weighted by atomic mass is 10.0. The van der Waals surface area contributed by atoms with E-state index < -0.39 is 0 Å². The van der Waals surface area contributed by atoms with Gasteiger partial charge in [0.1, 0.15) is 0 Å². The fourth-order valence-electron chi connectivity index (χ4n) is 2.96. The molecule has 0 saturated carbocycles. The number of hydrogen-bond acceptors (Lipinski definition) is 3. The fraction of sp³-hybridized carbons (Fsp3) is 0.136. The number of benzene rings is 2. The predicted molar refractivity (Wildman–Crippen MR) is 109 cm³/mol. The lowest BCUT2D eigenvalue weighted by Crippen LogP contribution is -1.80. The zero-order valence-electron chi connectivity index (χ0n) is 14.0. The third-order valence-electron chi connectivity index (χ3n) is 4.27. The average Bonchev–Trinajstić information content (AvgIpc) is 3.21. The first-order valence-electron chi connectivity index (χ1n) is 8.40. The molecule has 0 atom stereocenters. The molecule has 0 unspecified atom stereocenters. The lowest BCUT2D eigenvalue weighted by molar-refractivity contribution is 0.941. The highest BCUT2D eigenvalue weighted by Crippen LogP contribution is 2.39. The third kappa shape index (κ3) is 3.24. The van der Waals surface area contributed by atoms with Gasteiger partial charge in [0.25, 0.3) is 0 Å². The Morgan fingerprint density at radius 2 is 1.40 bits per heavy atom. The minimum Gasteiger partial charge on any atom is -0.192 e. The summed E-state index contributed by atoms with van der Waals surface area (Å²) in [6.07, 6.45) is 2.39. The summed E-state index contributed by atoms with van der Waals surface area (Å²) < 4.78 is 2.80. The summed E-state index contributed by atoms with van der Waals surface area (Å²) >= 11 is 3.80. The molecule has 4 rings (SSSR count). The molecular weight excluding hydrogens is 342 g/mol. The van der Waals surface area contributed by atoms with Crippen LogP contribution in [0, 0.1) is 11.3 Å². The van der Waals surface area contributed by atoms with Gasteiger partial charge in [0.05, 0.1) is 11.6 Å². The van der Waals surface area contributed by atoms with E-state index >= 15 is 0 Å². The quantitative estimate of drug-likeness (QED) is 0.380. The fourth-order valence-corrected chi connectivity index (χ4v) is 5.49. The van der Waals surface area contributed by atoms with Crippen molar-refractivity contribution in [3.05, 3.63) is 71.1 Å². The largest absolute Gasteiger partial charge is 0.192 e. The molecule has 0 fully saturated rings. The smallest absolute Gasteiger partial charge is 0.0991 e. The third-order valence-corrected chi connectivity index (χ3v) is 6.67. The summed E-state index contributed by atoms with van der Waals surface area (Å²) in [6, 6.07) is 23.3. The molecule has 0 bridgehead atoms. The minimum absolute atomic E-state index is 0.696. The van der Waals surface area contributed by atoms with Gasteiger partial charge < -0.3 is 0 Å². The van der Waals surface area contributed by atoms with E-state index in [1.54, 1.807) is 0 Å². The topological polar surface area (TPSA) is 23.8 Å². The SMILES string of the molecule is CCCc1cc2sc(-c3ccc(-c4ccc(C#N)cc4)cc3)cc2s1. The molecule has 2 aromatic heterocycles. The van der Waals surface area contributed by atoms with Gasteiger partial charge in [0.2, 0.25) is 0 Å². The first kappa shape index (κ1) is 16.1. The van der Waals surface area contributed by atoms with Crippen LogP contribution in [0.5, 0.6) is 0 Å². The Morgan fingerprint density at radius 1 is 0.800 bits per heavy atom. The second-order valence-electron chi connectivity index (χ2n) is 6.07. The van der Waals surface area contributed by atoms with Crippen LogP contribution in [-0.2, 0) is 6.42 Å². The molecule has 3 heteroatoms. The predicted octanol–water partition coefficient (Wildman–Crippen LogP) is 7.12. The number of fused-ring (bicyclic) bond motifs is 1. The zero-order chi connectivity index (χ0) is 17.2. The summed E-state index contributed by atoms with van der Waals surface area (Å²) in [5.74, 6) is 0. The highest BCUT2D eigenvalue weighted by atomic mass is 32.1. The Labute approximate surface area is 155 Å². The van der Waals surface area contributed by atoms with Crippen LogP contribution in [0.3, 0.4) is 0 Å². The van der Waals surface area contributed by atoms with E-state index in [1.165, 1.54) is 43.1 Å². The number of nitriles is 1. The van der Waals surface area contributed by atoms with Gasteiger partial charge in [-0.05, 0) is 47.4 Å². The lowest BCUT2D eigenvalue weighted by Gasteiger charge is -2.03. The van der Waals surface area contributed by atoms with Gasteiger partial charge in [0.15, 0.2) is 0 Å². The molecule has 0 saturated heterocycles. The molecule has 122 valence electrons. The Bertz CT molecular complexity index is 1010. The van der Waals surface area contributed by atoms with Crippen molar-refractivity contribution >= 4 is 32.1 Å². The molecule has 0 spiro atoms. The second kappa shape index (κ2) is 6.84. The van der Waals surface area contributed by atoms with E-state index in [2.05, 4.69) is 49.4 Å². The molecular formula is C22H17NS2. The van der Waals surface area contributed by atoms with Gasteiger partial charge >= 0.3 is 0 Å². The molecule has 0 aliphatic rings. The maximum atomic E-state index is 8.90. The van der Waals surface area contributed by atoms with Crippen molar-refractivity contribution in [2.24, 2.45) is 0 Å². The van der Waals surface area contributed by atoms with Crippen molar-refractivity contribution in [1.29, 1.82) is 5.26 Å². The van der Waals surface area contributed by atoms with Crippen LogP contribution in [0.4, 0.5) is 0 Å². The van der Waals surface area contributed by atoms with Gasteiger partial charge in [-0.15, -0.1) is 22.7 Å². The van der Waals surface area contributed by atoms with Gasteiger partial charge in [0, 0.05) is 19.2 Å². The zero-order valence-corrected chi connectivity index (χ0v) is 15.6. The summed E-state index contributed by atoms with van der Waals surface area (Å²) in [5.41, 5.74) is 4.28. The molecule has 4 aromatic rings. The number of rotatable bonds is 4. The van der Waals surface area contributed by atoms with E-state index in [9.17, 15) is 0 Å². The van der Waals surface area contributed by atoms with Gasteiger partial charge in [-0.3, -0.25) is 0 Å². The van der Waals surface area contributed by atoms with Crippen LogP contribution in [0.25, 0.3) is 31.0 Å². The number of thiophene rings is 2. The molecule has 1 nitrogen and oxygen atoms in total. The van der Waals surface area contributed by atoms with Crippen LogP contribution in [0.15, 0.2) is 60.7 Å². The highest BCUT2D eigenvalue weighted by Gasteiger charge is 2.08. The summed E-state index contributed by atoms with van der Waals surface area (Å²) in [7, 11) is 0. The van der Waals surface area contributed by atoms with Gasteiger partial charge in [-0.25, -0.2) is 0 Å². The molecule has 0 aliphatic carbocycles. The number of hydrogen-bond donors (Lipinski definition) is 0. The van der Waals surface area contributed by atoms with Crippen molar-refractivity contribution in [1.82, 2.24) is 0 Å². The standard InChI is InChI=1S/C22H17NS2/c1-2-3-19-12-21-22(24-19)13-20(25-21)18-10-8-17(9-11-18)16-6-4-15(14-23)5-7-16/h4-13H,2-3H2,1H3. The Balaban J connectivity index is 1.60. The van der Waals surface area contributed by atoms with Crippen molar-refractivity contribution in [3.63, 3.8) is 0 Å². The van der Waals surface area contributed by atoms with Gasteiger partial charge in [-0.1, -0.05) is 49.7 Å². The maximum Gasteiger partial charge on any atom is 0.0991 e. The molecule has 0 aliphatic heterocycles. The number of aryl methyl sites for hydroxylation is 1. The normalized spacial score (nSPS) is 10.9. The molecule has 2 heterocycles. The van der Waals surface area contributed by atoms with Crippen LogP contribution in [-0.4, -0.2) is 0 Å². The van der Waals surface area contributed by atoms with E-state index in [-0.39, 0.29) is 0 Å². The Morgan fingerprint density at radius 3 is 2.00 bits per heavy atom. The van der Waals surface area contributed by atoms with E-state index in [0.29, 0.717) is 5.56 Å². The molecule has 0 N–H and O–H groups in total. The Hall–Kier alpha value is -2.41. The van der Waals surface area contributed by atoms with Crippen molar-refractivity contribution in [3.8, 4) is 27.6 Å². The van der Waals surface area contributed by atoms with E-state index in [4.69, 9.17) is 5.26 Å². The molecule has 0 radical (unpaired) electrons. The van der Waals surface area contributed by atoms with Crippen LogP contribution in [0.1, 0.15) is 23.8 Å². The van der Waals surface area contributed by atoms with Crippen molar-refractivity contribution in [2.75, 3.05) is 0 Å². The summed E-state index contributed by atoms with van der Waals surface area (Å²) in [5, 5.41) is 8.90. The monoisotopic (exact) mass is 359 g/mol. The van der Waals surface area contributed by atoms with Crippen LogP contribution >= 0.6 is 22.7 Å². The van der Waals surface area contributed by atoms with Crippen LogP contribution < -0.4 is 0 Å². The first-order valence-corrected chi connectivity index (χ1v) is 10.0. The average molecular weight is 360 g/mol. The minimum atomic E-state index is 0.696. The van der Waals surface area contributed by atoms with Crippen molar-refractivity contribution in [2.45, 2.75) is 19.8 Å². The number of nitrogens with zero attached hydrogens (tertiary/aromatic N) is 1. The highest BCUT2D eigenvalue weighted by molar-refractivity contribution is 7.29. The van der Waals surface area contributed by atoms with Gasteiger partial charge in [-0.2, -0.15) is 5.26 Å². The maximum absolute atomic E-state index is 8.90. The first-order chi connectivity index (χ1) is 12.3. The van der Waals surface area contributed by atoms with Crippen LogP contribution in [0.2, 0.25) is 0 Å². The molecule has 25 heavy (non-hydrogen) atoms. The van der Waals surface area contributed by atoms with Crippen molar-refractivity contribution < 1.29 is 0 Å².